The monoisotopic (exact) mass is 481 g/mol. The summed E-state index contributed by atoms with van der Waals surface area (Å²) < 4.78 is 1.33. The number of pyridine rings is 1. The predicted molar refractivity (Wildman–Crippen MR) is 156 cm³/mol. The standard InChI is InChI=1S/C31H35NSSi/c1-19-13-20(2)28-25-17-23(18-31(3,4)5)33-30(25)29(32-26(28)14-19)22-15-21-11-9-10-12-24(21)27(16-22)34(6,7)8/h9-17H,18H2,1-8H3. The zero-order valence-electron chi connectivity index (χ0n) is 21.8. The molecule has 0 fully saturated rings. The smallest absolute Gasteiger partial charge is 0.0888 e. The number of hydrogen-bond donors (Lipinski definition) is 0. The van der Waals surface area contributed by atoms with E-state index in [0.29, 0.717) is 0 Å². The molecular weight excluding hydrogens is 447 g/mol. The summed E-state index contributed by atoms with van der Waals surface area (Å²) >= 11 is 1.94. The maximum absolute atomic E-state index is 5.36. The predicted octanol–water partition coefficient (Wildman–Crippen LogP) is 9.02. The van der Waals surface area contributed by atoms with Gasteiger partial charge in [0.25, 0.3) is 0 Å². The zero-order valence-corrected chi connectivity index (χ0v) is 23.6. The van der Waals surface area contributed by atoms with Crippen LogP contribution in [0, 0.1) is 19.3 Å². The summed E-state index contributed by atoms with van der Waals surface area (Å²) in [4.78, 5) is 6.81. The van der Waals surface area contributed by atoms with Gasteiger partial charge in [0.1, 0.15) is 0 Å². The van der Waals surface area contributed by atoms with Crippen LogP contribution in [-0.4, -0.2) is 13.1 Å². The molecule has 0 amide bonds. The van der Waals surface area contributed by atoms with Gasteiger partial charge in [0.15, 0.2) is 0 Å². The molecular formula is C31H35NSSi. The van der Waals surface area contributed by atoms with E-state index >= 15 is 0 Å². The minimum atomic E-state index is -1.55. The molecule has 0 saturated carbocycles. The summed E-state index contributed by atoms with van der Waals surface area (Å²) in [5.41, 5.74) is 6.36. The number of aryl methyl sites for hydroxylation is 2. The Bertz CT molecular complexity index is 1560. The summed E-state index contributed by atoms with van der Waals surface area (Å²) in [6.45, 7) is 18.7. The Morgan fingerprint density at radius 1 is 0.882 bits per heavy atom. The fourth-order valence-corrected chi connectivity index (χ4v) is 8.33. The Morgan fingerprint density at radius 3 is 2.32 bits per heavy atom. The van der Waals surface area contributed by atoms with Crippen LogP contribution in [0.5, 0.6) is 0 Å². The van der Waals surface area contributed by atoms with Gasteiger partial charge < -0.3 is 0 Å². The maximum atomic E-state index is 5.36. The van der Waals surface area contributed by atoms with E-state index in [2.05, 4.69) is 109 Å². The van der Waals surface area contributed by atoms with E-state index in [4.69, 9.17) is 4.98 Å². The highest BCUT2D eigenvalue weighted by atomic mass is 32.1. The summed E-state index contributed by atoms with van der Waals surface area (Å²) in [6.07, 6.45) is 1.08. The van der Waals surface area contributed by atoms with Gasteiger partial charge in [0.05, 0.1) is 24.0 Å². The molecule has 34 heavy (non-hydrogen) atoms. The molecule has 0 aliphatic rings. The van der Waals surface area contributed by atoms with Gasteiger partial charge in [-0.15, -0.1) is 11.3 Å². The quantitative estimate of drug-likeness (QED) is 0.234. The van der Waals surface area contributed by atoms with Crippen LogP contribution in [-0.2, 0) is 6.42 Å². The lowest BCUT2D eigenvalue weighted by molar-refractivity contribution is 0.415. The van der Waals surface area contributed by atoms with Crippen molar-refractivity contribution in [3.05, 3.63) is 70.6 Å². The fourth-order valence-electron chi connectivity index (χ4n) is 5.23. The molecule has 0 atom stereocenters. The van der Waals surface area contributed by atoms with Crippen molar-refractivity contribution in [2.24, 2.45) is 5.41 Å². The molecule has 0 N–H and O–H groups in total. The van der Waals surface area contributed by atoms with Gasteiger partial charge in [-0.3, -0.25) is 0 Å². The van der Waals surface area contributed by atoms with Gasteiger partial charge in [0, 0.05) is 21.2 Å². The first-order valence-electron chi connectivity index (χ1n) is 12.3. The van der Waals surface area contributed by atoms with Crippen molar-refractivity contribution in [3.63, 3.8) is 0 Å². The van der Waals surface area contributed by atoms with Crippen molar-refractivity contribution in [2.45, 2.75) is 60.7 Å². The van der Waals surface area contributed by atoms with Crippen LogP contribution in [0.3, 0.4) is 0 Å². The summed E-state index contributed by atoms with van der Waals surface area (Å²) in [5, 5.41) is 6.91. The molecule has 0 radical (unpaired) electrons. The molecule has 0 aliphatic heterocycles. The second-order valence-electron chi connectivity index (χ2n) is 12.1. The van der Waals surface area contributed by atoms with Gasteiger partial charge in [-0.2, -0.15) is 0 Å². The number of fused-ring (bicyclic) bond motifs is 4. The second kappa shape index (κ2) is 8.03. The lowest BCUT2D eigenvalue weighted by Gasteiger charge is -2.21. The highest BCUT2D eigenvalue weighted by Crippen LogP contribution is 2.41. The summed E-state index contributed by atoms with van der Waals surface area (Å²) in [6, 6.07) is 20.7. The van der Waals surface area contributed by atoms with Crippen molar-refractivity contribution in [2.75, 3.05) is 0 Å². The number of nitrogens with zero attached hydrogens (tertiary/aromatic N) is 1. The molecule has 174 valence electrons. The van der Waals surface area contributed by atoms with Crippen molar-refractivity contribution in [3.8, 4) is 11.3 Å². The number of hydrogen-bond acceptors (Lipinski definition) is 2. The first-order valence-corrected chi connectivity index (χ1v) is 16.6. The van der Waals surface area contributed by atoms with E-state index in [1.807, 2.05) is 11.3 Å². The van der Waals surface area contributed by atoms with E-state index < -0.39 is 8.07 Å². The Balaban J connectivity index is 1.89. The first-order chi connectivity index (χ1) is 15.9. The SMILES string of the molecule is Cc1cc(C)c2c(c1)nc(-c1cc([Si](C)(C)C)c3ccccc3c1)c1sc(CC(C)(C)C)cc12. The lowest BCUT2D eigenvalue weighted by atomic mass is 9.91. The lowest BCUT2D eigenvalue weighted by Crippen LogP contribution is -2.38. The molecule has 3 heteroatoms. The first kappa shape index (κ1) is 23.3. The van der Waals surface area contributed by atoms with Crippen LogP contribution >= 0.6 is 11.3 Å². The fraction of sp³-hybridized carbons (Fsp3) is 0.323. The number of aromatic nitrogens is 1. The van der Waals surface area contributed by atoms with Crippen LogP contribution in [0.1, 0.15) is 36.8 Å². The molecule has 0 aliphatic carbocycles. The minimum absolute atomic E-state index is 0.254. The number of rotatable bonds is 3. The summed E-state index contributed by atoms with van der Waals surface area (Å²) in [5.74, 6) is 0. The Labute approximate surface area is 208 Å². The molecule has 3 aromatic carbocycles. The Morgan fingerprint density at radius 2 is 1.62 bits per heavy atom. The Kier molecular flexibility index (Phi) is 5.49. The third kappa shape index (κ3) is 4.21. The third-order valence-electron chi connectivity index (χ3n) is 6.61. The average molecular weight is 482 g/mol. The maximum Gasteiger partial charge on any atom is 0.0888 e. The second-order valence-corrected chi connectivity index (χ2v) is 18.3. The van der Waals surface area contributed by atoms with Crippen LogP contribution in [0.15, 0.2) is 54.6 Å². The van der Waals surface area contributed by atoms with Gasteiger partial charge in [0.2, 0.25) is 0 Å². The van der Waals surface area contributed by atoms with Crippen LogP contribution in [0.2, 0.25) is 19.6 Å². The zero-order chi connectivity index (χ0) is 24.4. The van der Waals surface area contributed by atoms with Gasteiger partial charge in [-0.25, -0.2) is 4.98 Å². The van der Waals surface area contributed by atoms with Crippen LogP contribution < -0.4 is 5.19 Å². The molecule has 5 rings (SSSR count). The van der Waals surface area contributed by atoms with Crippen molar-refractivity contribution in [1.29, 1.82) is 0 Å². The van der Waals surface area contributed by atoms with E-state index in [0.717, 1.165) is 17.6 Å². The van der Waals surface area contributed by atoms with Crippen LogP contribution in [0.25, 0.3) is 43.0 Å². The minimum Gasteiger partial charge on any atom is -0.246 e. The number of benzene rings is 3. The van der Waals surface area contributed by atoms with E-state index in [1.165, 1.54) is 53.0 Å². The normalized spacial score (nSPS) is 12.8. The van der Waals surface area contributed by atoms with Crippen molar-refractivity contribution >= 4 is 56.4 Å². The van der Waals surface area contributed by atoms with Gasteiger partial charge in [-0.1, -0.05) is 82.0 Å². The van der Waals surface area contributed by atoms with E-state index in [9.17, 15) is 0 Å². The molecule has 5 aromatic rings. The Hall–Kier alpha value is -2.49. The summed E-state index contributed by atoms with van der Waals surface area (Å²) in [7, 11) is -1.55. The van der Waals surface area contributed by atoms with Gasteiger partial charge in [-0.05, 0) is 65.8 Å². The molecule has 0 spiro atoms. The molecule has 0 saturated heterocycles. The molecule has 0 unspecified atom stereocenters. The van der Waals surface area contributed by atoms with Crippen molar-refractivity contribution in [1.82, 2.24) is 4.98 Å². The molecule has 0 bridgehead atoms. The largest absolute Gasteiger partial charge is 0.246 e. The van der Waals surface area contributed by atoms with Crippen LogP contribution in [0.4, 0.5) is 0 Å². The molecule has 2 aromatic heterocycles. The van der Waals surface area contributed by atoms with Crippen molar-refractivity contribution < 1.29 is 0 Å². The molecule has 2 heterocycles. The highest BCUT2D eigenvalue weighted by Gasteiger charge is 2.23. The third-order valence-corrected chi connectivity index (χ3v) is 9.78. The highest BCUT2D eigenvalue weighted by molar-refractivity contribution is 7.19. The topological polar surface area (TPSA) is 12.9 Å². The van der Waals surface area contributed by atoms with E-state index in [-0.39, 0.29) is 5.41 Å². The number of thiophene rings is 1. The molecule has 1 nitrogen and oxygen atoms in total. The van der Waals surface area contributed by atoms with Gasteiger partial charge >= 0.3 is 0 Å². The van der Waals surface area contributed by atoms with E-state index in [1.54, 1.807) is 0 Å². The average Bonchev–Trinajstić information content (AvgIpc) is 3.12.